The summed E-state index contributed by atoms with van der Waals surface area (Å²) in [5.41, 5.74) is 0.706. The Bertz CT molecular complexity index is 842. The highest BCUT2D eigenvalue weighted by Crippen LogP contribution is 2.31. The molecule has 0 unspecified atom stereocenters. The molecule has 1 N–H and O–H groups in total. The van der Waals surface area contributed by atoms with E-state index in [1.807, 2.05) is 24.3 Å². The molecule has 4 aliphatic heterocycles. The number of aromatic nitrogens is 1. The lowest BCUT2D eigenvalue weighted by molar-refractivity contribution is 0.0620. The third kappa shape index (κ3) is 4.29. The molecule has 0 aliphatic carbocycles. The number of carbonyl (C=O) groups is 1. The fourth-order valence-corrected chi connectivity index (χ4v) is 5.10. The van der Waals surface area contributed by atoms with E-state index in [1.54, 1.807) is 6.20 Å². The molecule has 29 heavy (non-hydrogen) atoms. The number of ether oxygens (including phenoxy) is 1. The maximum Gasteiger partial charge on any atom is 0.298 e. The zero-order chi connectivity index (χ0) is 19.6. The van der Waals surface area contributed by atoms with E-state index in [4.69, 9.17) is 9.15 Å². The fourth-order valence-electron chi connectivity index (χ4n) is 4.37. The van der Waals surface area contributed by atoms with Crippen molar-refractivity contribution in [3.8, 4) is 0 Å². The van der Waals surface area contributed by atoms with Gasteiger partial charge in [-0.05, 0) is 56.1 Å². The number of oxazole rings is 1. The van der Waals surface area contributed by atoms with Crippen molar-refractivity contribution in [2.75, 3.05) is 50.8 Å². The molecule has 2 bridgehead atoms. The first-order chi connectivity index (χ1) is 14.2. The van der Waals surface area contributed by atoms with Crippen LogP contribution in [0.1, 0.15) is 23.2 Å². The van der Waals surface area contributed by atoms with Gasteiger partial charge in [-0.15, -0.1) is 0 Å². The maximum atomic E-state index is 12.7. The quantitative estimate of drug-likeness (QED) is 0.806. The number of anilines is 1. The molecule has 1 aromatic heterocycles. The van der Waals surface area contributed by atoms with Gasteiger partial charge in [0, 0.05) is 36.1 Å². The highest BCUT2D eigenvalue weighted by Gasteiger charge is 2.34. The smallest absolute Gasteiger partial charge is 0.298 e. The minimum Gasteiger partial charge on any atom is -0.417 e. The number of carbonyl (C=O) groups excluding carboxylic acids is 1. The molecule has 1 amide bonds. The van der Waals surface area contributed by atoms with Crippen LogP contribution >= 0.6 is 11.8 Å². The van der Waals surface area contributed by atoms with Gasteiger partial charge in [0.15, 0.2) is 5.09 Å². The van der Waals surface area contributed by atoms with Crippen molar-refractivity contribution in [1.82, 2.24) is 15.2 Å². The van der Waals surface area contributed by atoms with Crippen LogP contribution in [0.5, 0.6) is 0 Å². The Morgan fingerprint density at radius 1 is 1.10 bits per heavy atom. The van der Waals surface area contributed by atoms with Crippen LogP contribution in [-0.4, -0.2) is 67.8 Å². The van der Waals surface area contributed by atoms with Crippen molar-refractivity contribution in [2.45, 2.75) is 28.9 Å². The number of hydrogen-bond donors (Lipinski definition) is 1. The summed E-state index contributed by atoms with van der Waals surface area (Å²) in [6.45, 7) is 6.35. The second kappa shape index (κ2) is 8.38. The molecule has 8 heteroatoms. The van der Waals surface area contributed by atoms with Gasteiger partial charge in [-0.2, -0.15) is 0 Å². The Morgan fingerprint density at radius 3 is 2.55 bits per heavy atom. The Morgan fingerprint density at radius 2 is 1.86 bits per heavy atom. The van der Waals surface area contributed by atoms with Gasteiger partial charge < -0.3 is 24.3 Å². The molecule has 5 heterocycles. The van der Waals surface area contributed by atoms with Gasteiger partial charge in [0.2, 0.25) is 0 Å². The van der Waals surface area contributed by atoms with Gasteiger partial charge in [-0.3, -0.25) is 4.79 Å². The van der Waals surface area contributed by atoms with Gasteiger partial charge in [0.1, 0.15) is 0 Å². The Balaban J connectivity index is 1.18. The third-order valence-corrected chi connectivity index (χ3v) is 6.96. The predicted molar refractivity (Wildman–Crippen MR) is 111 cm³/mol. The zero-order valence-electron chi connectivity index (χ0n) is 16.4. The number of morpholine rings is 1. The lowest BCUT2D eigenvalue weighted by Gasteiger charge is -2.44. The highest BCUT2D eigenvalue weighted by molar-refractivity contribution is 7.99. The lowest BCUT2D eigenvalue weighted by atomic mass is 9.84. The summed E-state index contributed by atoms with van der Waals surface area (Å²) in [7, 11) is 0. The summed E-state index contributed by atoms with van der Waals surface area (Å²) in [5.74, 6) is 0.653. The van der Waals surface area contributed by atoms with Crippen molar-refractivity contribution in [1.29, 1.82) is 0 Å². The van der Waals surface area contributed by atoms with Gasteiger partial charge in [-0.1, -0.05) is 11.8 Å². The average Bonchev–Trinajstić information content (AvgIpc) is 3.24. The molecule has 2 aromatic rings. The first-order valence-corrected chi connectivity index (χ1v) is 11.2. The predicted octanol–water partition coefficient (Wildman–Crippen LogP) is 2.49. The zero-order valence-corrected chi connectivity index (χ0v) is 17.2. The van der Waals surface area contributed by atoms with E-state index in [9.17, 15) is 4.79 Å². The van der Waals surface area contributed by atoms with E-state index in [2.05, 4.69) is 20.1 Å². The second-order valence-corrected chi connectivity index (χ2v) is 8.98. The Labute approximate surface area is 174 Å². The van der Waals surface area contributed by atoms with E-state index in [0.29, 0.717) is 30.7 Å². The molecule has 4 aliphatic rings. The molecule has 4 saturated heterocycles. The normalized spacial score (nSPS) is 26.5. The summed E-state index contributed by atoms with van der Waals surface area (Å²) in [6.07, 6.45) is 4.15. The summed E-state index contributed by atoms with van der Waals surface area (Å²) in [6, 6.07) is 8.63. The summed E-state index contributed by atoms with van der Waals surface area (Å²) >= 11 is 1.51. The SMILES string of the molecule is O=C(N[C@H]1CN2CCC1CC2)c1ccc(Sc2cnc(N3CCOCC3)o2)cc1. The fraction of sp³-hybridized carbons (Fsp3) is 0.524. The summed E-state index contributed by atoms with van der Waals surface area (Å²) in [4.78, 5) is 22.6. The van der Waals surface area contributed by atoms with E-state index in [-0.39, 0.29) is 11.9 Å². The van der Waals surface area contributed by atoms with Crippen LogP contribution in [0.25, 0.3) is 0 Å². The highest BCUT2D eigenvalue weighted by atomic mass is 32.2. The van der Waals surface area contributed by atoms with Gasteiger partial charge in [-0.25, -0.2) is 4.98 Å². The number of rotatable bonds is 5. The number of benzene rings is 1. The van der Waals surface area contributed by atoms with Gasteiger partial charge in [0.25, 0.3) is 11.9 Å². The molecule has 4 fully saturated rings. The number of nitrogens with one attached hydrogen (secondary N) is 1. The molecule has 1 aromatic carbocycles. The Hall–Kier alpha value is -2.03. The molecule has 154 valence electrons. The standard InChI is InChI=1S/C21H26N4O3S/c26-20(23-18-14-24-7-5-15(18)6-8-24)16-1-3-17(4-2-16)29-19-13-22-21(28-19)25-9-11-27-12-10-25/h1-4,13,15,18H,5-12,14H2,(H,23,26)/t18-/m0/s1. The van der Waals surface area contributed by atoms with Crippen molar-refractivity contribution >= 4 is 23.7 Å². The lowest BCUT2D eigenvalue weighted by Crippen LogP contribution is -2.57. The molecule has 0 spiro atoms. The van der Waals surface area contributed by atoms with Gasteiger partial charge in [0.05, 0.1) is 19.4 Å². The first kappa shape index (κ1) is 19.0. The summed E-state index contributed by atoms with van der Waals surface area (Å²) in [5, 5.41) is 3.99. The largest absolute Gasteiger partial charge is 0.417 e. The van der Waals surface area contributed by atoms with Crippen molar-refractivity contribution in [3.05, 3.63) is 36.0 Å². The number of hydrogen-bond acceptors (Lipinski definition) is 7. The third-order valence-electron chi connectivity index (χ3n) is 6.06. The van der Waals surface area contributed by atoms with Crippen molar-refractivity contribution < 1.29 is 13.9 Å². The second-order valence-electron chi connectivity index (χ2n) is 7.91. The molecular weight excluding hydrogens is 388 g/mol. The van der Waals surface area contributed by atoms with Crippen LogP contribution < -0.4 is 10.2 Å². The molecule has 6 rings (SSSR count). The minimum absolute atomic E-state index is 0.0227. The summed E-state index contributed by atoms with van der Waals surface area (Å²) < 4.78 is 11.2. The first-order valence-electron chi connectivity index (χ1n) is 10.3. The number of fused-ring (bicyclic) bond motifs is 3. The molecule has 1 atom stereocenters. The van der Waals surface area contributed by atoms with E-state index in [1.165, 1.54) is 37.7 Å². The molecule has 7 nitrogen and oxygen atoms in total. The van der Waals surface area contributed by atoms with E-state index in [0.717, 1.165) is 29.6 Å². The van der Waals surface area contributed by atoms with Gasteiger partial charge >= 0.3 is 0 Å². The van der Waals surface area contributed by atoms with Crippen molar-refractivity contribution in [2.24, 2.45) is 5.92 Å². The van der Waals surface area contributed by atoms with E-state index < -0.39 is 0 Å². The molecule has 0 radical (unpaired) electrons. The minimum atomic E-state index is 0.0227. The molecular formula is C21H26N4O3S. The Kier molecular flexibility index (Phi) is 5.48. The van der Waals surface area contributed by atoms with Crippen LogP contribution in [0, 0.1) is 5.92 Å². The molecule has 0 saturated carbocycles. The van der Waals surface area contributed by atoms with Crippen LogP contribution in [0.4, 0.5) is 6.01 Å². The van der Waals surface area contributed by atoms with Crippen molar-refractivity contribution in [3.63, 3.8) is 0 Å². The number of piperidine rings is 3. The van der Waals surface area contributed by atoms with E-state index >= 15 is 0 Å². The van der Waals surface area contributed by atoms with Crippen LogP contribution in [-0.2, 0) is 4.74 Å². The number of nitrogens with zero attached hydrogens (tertiary/aromatic N) is 3. The maximum absolute atomic E-state index is 12.7. The van der Waals surface area contributed by atoms with Crippen LogP contribution in [0.2, 0.25) is 0 Å². The van der Waals surface area contributed by atoms with Crippen LogP contribution in [0.15, 0.2) is 44.9 Å². The topological polar surface area (TPSA) is 70.8 Å². The monoisotopic (exact) mass is 414 g/mol. The van der Waals surface area contributed by atoms with Crippen LogP contribution in [0.3, 0.4) is 0 Å². The number of amides is 1. The average molecular weight is 415 g/mol.